The number of benzene rings is 1. The molecule has 1 aromatic carbocycles. The van der Waals surface area contributed by atoms with Crippen molar-refractivity contribution in [1.82, 2.24) is 20.1 Å². The van der Waals surface area contributed by atoms with Gasteiger partial charge in [-0.05, 0) is 61.4 Å². The summed E-state index contributed by atoms with van der Waals surface area (Å²) in [4.78, 5) is 12.1. The van der Waals surface area contributed by atoms with Crippen LogP contribution in [0.25, 0.3) is 5.82 Å². The van der Waals surface area contributed by atoms with Crippen molar-refractivity contribution in [3.8, 4) is 5.82 Å². The molecule has 0 spiro atoms. The second kappa shape index (κ2) is 7.61. The average molecular weight is 335 g/mol. The zero-order chi connectivity index (χ0) is 17.6. The van der Waals surface area contributed by atoms with Gasteiger partial charge in [-0.3, -0.25) is 4.79 Å². The van der Waals surface area contributed by atoms with Crippen LogP contribution in [-0.2, 0) is 0 Å². The summed E-state index contributed by atoms with van der Waals surface area (Å²) in [5.41, 5.74) is 2.97. The Bertz CT molecular complexity index is 841. The lowest BCUT2D eigenvalue weighted by molar-refractivity contribution is 0.0955. The van der Waals surface area contributed by atoms with E-state index in [1.165, 1.54) is 5.56 Å². The Morgan fingerprint density at radius 3 is 2.48 bits per heavy atom. The SMILES string of the molecule is Cc1ccc(C(=O)NCCNc2ccc(-n3cccc3)nn2)cc1C. The van der Waals surface area contributed by atoms with Crippen LogP contribution < -0.4 is 10.6 Å². The third-order valence-electron chi connectivity index (χ3n) is 4.01. The number of hydrogen-bond donors (Lipinski definition) is 2. The van der Waals surface area contributed by atoms with Crippen molar-refractivity contribution in [2.75, 3.05) is 18.4 Å². The number of nitrogens with one attached hydrogen (secondary N) is 2. The molecule has 0 aliphatic rings. The van der Waals surface area contributed by atoms with Crippen LogP contribution in [0.4, 0.5) is 5.82 Å². The number of aromatic nitrogens is 3. The summed E-state index contributed by atoms with van der Waals surface area (Å²) in [5, 5.41) is 14.3. The van der Waals surface area contributed by atoms with Gasteiger partial charge in [0.2, 0.25) is 0 Å². The number of carbonyl (C=O) groups excluding carboxylic acids is 1. The molecule has 0 saturated heterocycles. The number of hydrogen-bond acceptors (Lipinski definition) is 4. The van der Waals surface area contributed by atoms with Crippen LogP contribution in [0.2, 0.25) is 0 Å². The third kappa shape index (κ3) is 4.23. The van der Waals surface area contributed by atoms with Crippen molar-refractivity contribution in [3.63, 3.8) is 0 Å². The minimum Gasteiger partial charge on any atom is -0.367 e. The Balaban J connectivity index is 1.46. The number of amides is 1. The molecular formula is C19H21N5O. The Morgan fingerprint density at radius 2 is 1.80 bits per heavy atom. The maximum atomic E-state index is 12.1. The molecule has 6 heteroatoms. The molecule has 2 N–H and O–H groups in total. The first-order valence-corrected chi connectivity index (χ1v) is 8.20. The summed E-state index contributed by atoms with van der Waals surface area (Å²) in [6.07, 6.45) is 3.83. The van der Waals surface area contributed by atoms with E-state index in [0.29, 0.717) is 24.5 Å². The first kappa shape index (κ1) is 16.7. The minimum atomic E-state index is -0.0704. The van der Waals surface area contributed by atoms with Crippen LogP contribution >= 0.6 is 0 Å². The summed E-state index contributed by atoms with van der Waals surface area (Å²) in [6, 6.07) is 13.3. The summed E-state index contributed by atoms with van der Waals surface area (Å²) < 4.78 is 1.89. The lowest BCUT2D eigenvalue weighted by Gasteiger charge is -2.09. The van der Waals surface area contributed by atoms with E-state index in [0.717, 1.165) is 11.4 Å². The molecule has 2 aromatic heterocycles. The van der Waals surface area contributed by atoms with E-state index < -0.39 is 0 Å². The fraction of sp³-hybridized carbons (Fsp3) is 0.211. The predicted molar refractivity (Wildman–Crippen MR) is 98.1 cm³/mol. The maximum absolute atomic E-state index is 12.1. The summed E-state index contributed by atoms with van der Waals surface area (Å²) in [7, 11) is 0. The van der Waals surface area contributed by atoms with Crippen molar-refractivity contribution in [2.45, 2.75) is 13.8 Å². The Morgan fingerprint density at radius 1 is 1.00 bits per heavy atom. The fourth-order valence-electron chi connectivity index (χ4n) is 2.40. The molecule has 2 heterocycles. The summed E-state index contributed by atoms with van der Waals surface area (Å²) in [6.45, 7) is 5.12. The number of carbonyl (C=O) groups is 1. The van der Waals surface area contributed by atoms with Crippen molar-refractivity contribution in [2.24, 2.45) is 0 Å². The molecule has 0 bridgehead atoms. The van der Waals surface area contributed by atoms with E-state index in [9.17, 15) is 4.79 Å². The van der Waals surface area contributed by atoms with Crippen molar-refractivity contribution < 1.29 is 4.79 Å². The van der Waals surface area contributed by atoms with Crippen LogP contribution in [0.1, 0.15) is 21.5 Å². The van der Waals surface area contributed by atoms with Gasteiger partial charge in [0.05, 0.1) is 0 Å². The second-order valence-electron chi connectivity index (χ2n) is 5.85. The highest BCUT2D eigenvalue weighted by atomic mass is 16.1. The smallest absolute Gasteiger partial charge is 0.251 e. The molecule has 0 fully saturated rings. The highest BCUT2D eigenvalue weighted by molar-refractivity contribution is 5.94. The molecule has 1 amide bonds. The standard InChI is InChI=1S/C19H21N5O/c1-14-5-6-16(13-15(14)2)19(25)21-10-9-20-17-7-8-18(23-22-17)24-11-3-4-12-24/h3-8,11-13H,9-10H2,1-2H3,(H,20,22)(H,21,25). The highest BCUT2D eigenvalue weighted by Crippen LogP contribution is 2.09. The van der Waals surface area contributed by atoms with Gasteiger partial charge >= 0.3 is 0 Å². The topological polar surface area (TPSA) is 71.8 Å². The Kier molecular flexibility index (Phi) is 5.09. The molecule has 0 atom stereocenters. The normalized spacial score (nSPS) is 10.5. The molecule has 0 unspecified atom stereocenters. The van der Waals surface area contributed by atoms with E-state index >= 15 is 0 Å². The lowest BCUT2D eigenvalue weighted by atomic mass is 10.1. The molecular weight excluding hydrogens is 314 g/mol. The number of aryl methyl sites for hydroxylation is 2. The number of nitrogens with zero attached hydrogens (tertiary/aromatic N) is 3. The predicted octanol–water partition coefficient (Wildman–Crippen LogP) is 2.73. The van der Waals surface area contributed by atoms with E-state index in [-0.39, 0.29) is 5.91 Å². The molecule has 0 aliphatic heterocycles. The first-order chi connectivity index (χ1) is 12.1. The lowest BCUT2D eigenvalue weighted by Crippen LogP contribution is -2.29. The molecule has 3 rings (SSSR count). The third-order valence-corrected chi connectivity index (χ3v) is 4.01. The van der Waals surface area contributed by atoms with E-state index in [1.807, 2.05) is 73.3 Å². The van der Waals surface area contributed by atoms with Crippen molar-refractivity contribution in [1.29, 1.82) is 0 Å². The van der Waals surface area contributed by atoms with Gasteiger partial charge in [-0.1, -0.05) is 6.07 Å². The van der Waals surface area contributed by atoms with Crippen LogP contribution in [0.5, 0.6) is 0 Å². The van der Waals surface area contributed by atoms with Gasteiger partial charge in [-0.2, -0.15) is 0 Å². The number of rotatable bonds is 6. The van der Waals surface area contributed by atoms with Gasteiger partial charge in [0.15, 0.2) is 5.82 Å². The Labute approximate surface area is 146 Å². The summed E-state index contributed by atoms with van der Waals surface area (Å²) in [5.74, 6) is 1.37. The van der Waals surface area contributed by atoms with Crippen LogP contribution in [-0.4, -0.2) is 33.8 Å². The zero-order valence-corrected chi connectivity index (χ0v) is 14.4. The van der Waals surface area contributed by atoms with Gasteiger partial charge < -0.3 is 15.2 Å². The maximum Gasteiger partial charge on any atom is 0.251 e. The van der Waals surface area contributed by atoms with Gasteiger partial charge in [0.25, 0.3) is 5.91 Å². The highest BCUT2D eigenvalue weighted by Gasteiger charge is 2.06. The summed E-state index contributed by atoms with van der Waals surface area (Å²) >= 11 is 0. The fourth-order valence-corrected chi connectivity index (χ4v) is 2.40. The molecule has 25 heavy (non-hydrogen) atoms. The first-order valence-electron chi connectivity index (χ1n) is 8.20. The van der Waals surface area contributed by atoms with Crippen LogP contribution in [0, 0.1) is 13.8 Å². The zero-order valence-electron chi connectivity index (χ0n) is 14.4. The molecule has 128 valence electrons. The van der Waals surface area contributed by atoms with Crippen LogP contribution in [0.3, 0.4) is 0 Å². The minimum absolute atomic E-state index is 0.0704. The van der Waals surface area contributed by atoms with Gasteiger partial charge in [-0.25, -0.2) is 0 Å². The van der Waals surface area contributed by atoms with Gasteiger partial charge in [0, 0.05) is 31.0 Å². The molecule has 0 radical (unpaired) electrons. The van der Waals surface area contributed by atoms with Gasteiger partial charge in [0.1, 0.15) is 5.82 Å². The molecule has 6 nitrogen and oxygen atoms in total. The van der Waals surface area contributed by atoms with E-state index in [2.05, 4.69) is 20.8 Å². The quantitative estimate of drug-likeness (QED) is 0.680. The second-order valence-corrected chi connectivity index (χ2v) is 5.85. The van der Waals surface area contributed by atoms with Crippen LogP contribution in [0.15, 0.2) is 54.9 Å². The monoisotopic (exact) mass is 335 g/mol. The van der Waals surface area contributed by atoms with Crippen molar-refractivity contribution >= 4 is 11.7 Å². The molecule has 3 aromatic rings. The van der Waals surface area contributed by atoms with E-state index in [1.54, 1.807) is 0 Å². The number of anilines is 1. The van der Waals surface area contributed by atoms with Gasteiger partial charge in [-0.15, -0.1) is 10.2 Å². The average Bonchev–Trinajstić information content (AvgIpc) is 3.16. The van der Waals surface area contributed by atoms with Crippen molar-refractivity contribution in [3.05, 3.63) is 71.5 Å². The largest absolute Gasteiger partial charge is 0.367 e. The Hall–Kier alpha value is -3.15. The van der Waals surface area contributed by atoms with E-state index in [4.69, 9.17) is 0 Å². The molecule has 0 aliphatic carbocycles. The molecule has 0 saturated carbocycles.